The molecular formula is C10H17N3O3. The minimum Gasteiger partial charge on any atom is -0.460 e. The molecule has 2 atom stereocenters. The lowest BCUT2D eigenvalue weighted by atomic mass is 10.0. The molecule has 2 N–H and O–H groups in total. The van der Waals surface area contributed by atoms with E-state index in [4.69, 9.17) is 15.0 Å². The Kier molecular flexibility index (Phi) is 4.42. The van der Waals surface area contributed by atoms with E-state index in [1.165, 1.54) is 0 Å². The van der Waals surface area contributed by atoms with Gasteiger partial charge < -0.3 is 15.0 Å². The highest BCUT2D eigenvalue weighted by Gasteiger charge is 2.22. The van der Waals surface area contributed by atoms with Gasteiger partial charge in [-0.25, -0.2) is 4.79 Å². The number of hydrogen-bond donors (Lipinski definition) is 1. The molecule has 0 spiro atoms. The molecule has 0 aliphatic carbocycles. The summed E-state index contributed by atoms with van der Waals surface area (Å²) >= 11 is 0. The second kappa shape index (κ2) is 5.60. The normalized spacial score (nSPS) is 14.5. The standard InChI is InChI=1S/C10H17N3O3/c1-4-6(3)7(11)9-12-8(13-16-9)10(14)15-5-2/h6-7H,4-5,11H2,1-3H3. The smallest absolute Gasteiger partial charge is 0.379 e. The summed E-state index contributed by atoms with van der Waals surface area (Å²) in [6.07, 6.45) is 0.901. The number of rotatable bonds is 5. The molecule has 1 aromatic rings. The van der Waals surface area contributed by atoms with Gasteiger partial charge in [-0.15, -0.1) is 0 Å². The summed E-state index contributed by atoms with van der Waals surface area (Å²) in [6.45, 7) is 6.00. The molecule has 90 valence electrons. The lowest BCUT2D eigenvalue weighted by Crippen LogP contribution is -2.19. The van der Waals surface area contributed by atoms with E-state index >= 15 is 0 Å². The minimum absolute atomic E-state index is 0.0735. The van der Waals surface area contributed by atoms with E-state index < -0.39 is 5.97 Å². The Morgan fingerprint density at radius 2 is 2.25 bits per heavy atom. The summed E-state index contributed by atoms with van der Waals surface area (Å²) in [5.74, 6) is -0.169. The van der Waals surface area contributed by atoms with E-state index in [-0.39, 0.29) is 30.3 Å². The number of nitrogens with zero attached hydrogens (tertiary/aromatic N) is 2. The Labute approximate surface area is 94.2 Å². The van der Waals surface area contributed by atoms with Gasteiger partial charge in [-0.3, -0.25) is 0 Å². The average molecular weight is 227 g/mol. The lowest BCUT2D eigenvalue weighted by Gasteiger charge is -2.12. The van der Waals surface area contributed by atoms with E-state index in [0.717, 1.165) is 6.42 Å². The van der Waals surface area contributed by atoms with E-state index in [2.05, 4.69) is 10.1 Å². The van der Waals surface area contributed by atoms with Gasteiger partial charge >= 0.3 is 5.97 Å². The van der Waals surface area contributed by atoms with Crippen LogP contribution in [0.3, 0.4) is 0 Å². The highest BCUT2D eigenvalue weighted by atomic mass is 16.5. The molecule has 1 aromatic heterocycles. The van der Waals surface area contributed by atoms with Crippen LogP contribution in [0.25, 0.3) is 0 Å². The number of aromatic nitrogens is 2. The fourth-order valence-corrected chi connectivity index (χ4v) is 1.15. The first-order valence-electron chi connectivity index (χ1n) is 5.36. The number of ether oxygens (including phenoxy) is 1. The van der Waals surface area contributed by atoms with Crippen molar-refractivity contribution in [2.45, 2.75) is 33.2 Å². The third-order valence-corrected chi connectivity index (χ3v) is 2.44. The summed E-state index contributed by atoms with van der Waals surface area (Å²) in [5.41, 5.74) is 5.89. The molecule has 1 heterocycles. The molecule has 0 fully saturated rings. The fraction of sp³-hybridized carbons (Fsp3) is 0.700. The zero-order chi connectivity index (χ0) is 12.1. The Morgan fingerprint density at radius 3 is 2.81 bits per heavy atom. The van der Waals surface area contributed by atoms with Crippen LogP contribution in [0.15, 0.2) is 4.52 Å². The molecule has 0 amide bonds. The van der Waals surface area contributed by atoms with Crippen molar-refractivity contribution in [1.82, 2.24) is 10.1 Å². The number of nitrogens with two attached hydrogens (primary N) is 1. The molecule has 0 aromatic carbocycles. The summed E-state index contributed by atoms with van der Waals surface area (Å²) in [4.78, 5) is 15.2. The van der Waals surface area contributed by atoms with Crippen LogP contribution >= 0.6 is 0 Å². The zero-order valence-electron chi connectivity index (χ0n) is 9.77. The predicted octanol–water partition coefficient (Wildman–Crippen LogP) is 1.29. The van der Waals surface area contributed by atoms with E-state index in [1.54, 1.807) is 6.92 Å². The van der Waals surface area contributed by atoms with Gasteiger partial charge in [0.2, 0.25) is 5.89 Å². The third-order valence-electron chi connectivity index (χ3n) is 2.44. The SMILES string of the molecule is CCOC(=O)c1noc(C(N)C(C)CC)n1. The van der Waals surface area contributed by atoms with E-state index in [0.29, 0.717) is 0 Å². The van der Waals surface area contributed by atoms with Gasteiger partial charge in [0.15, 0.2) is 0 Å². The van der Waals surface area contributed by atoms with Crippen molar-refractivity contribution >= 4 is 5.97 Å². The van der Waals surface area contributed by atoms with Crippen molar-refractivity contribution in [3.63, 3.8) is 0 Å². The first-order valence-corrected chi connectivity index (χ1v) is 5.36. The summed E-state index contributed by atoms with van der Waals surface area (Å²) in [5, 5.41) is 3.53. The van der Waals surface area contributed by atoms with Gasteiger partial charge in [0.05, 0.1) is 12.6 Å². The Hall–Kier alpha value is -1.43. The maximum Gasteiger partial charge on any atom is 0.379 e. The highest BCUT2D eigenvalue weighted by molar-refractivity contribution is 5.84. The van der Waals surface area contributed by atoms with Crippen molar-refractivity contribution in [2.75, 3.05) is 6.61 Å². The van der Waals surface area contributed by atoms with Crippen molar-refractivity contribution in [3.05, 3.63) is 11.7 Å². The number of carbonyl (C=O) groups excluding carboxylic acids is 1. The molecule has 1 rings (SSSR count). The van der Waals surface area contributed by atoms with Gasteiger partial charge in [-0.2, -0.15) is 4.98 Å². The van der Waals surface area contributed by atoms with Crippen LogP contribution < -0.4 is 5.73 Å². The van der Waals surface area contributed by atoms with Gasteiger partial charge in [-0.1, -0.05) is 20.3 Å². The number of esters is 1. The first kappa shape index (κ1) is 12.6. The van der Waals surface area contributed by atoms with Gasteiger partial charge in [0, 0.05) is 0 Å². The topological polar surface area (TPSA) is 91.2 Å². The monoisotopic (exact) mass is 227 g/mol. The van der Waals surface area contributed by atoms with Crippen LogP contribution in [-0.4, -0.2) is 22.7 Å². The number of hydrogen-bond acceptors (Lipinski definition) is 6. The molecule has 6 heteroatoms. The Morgan fingerprint density at radius 1 is 1.56 bits per heavy atom. The quantitative estimate of drug-likeness (QED) is 0.762. The molecule has 16 heavy (non-hydrogen) atoms. The lowest BCUT2D eigenvalue weighted by molar-refractivity contribution is 0.0508. The largest absolute Gasteiger partial charge is 0.460 e. The number of carbonyl (C=O) groups is 1. The zero-order valence-corrected chi connectivity index (χ0v) is 9.77. The molecular weight excluding hydrogens is 210 g/mol. The molecule has 0 aliphatic rings. The molecule has 0 radical (unpaired) electrons. The van der Waals surface area contributed by atoms with Crippen molar-refractivity contribution < 1.29 is 14.1 Å². The molecule has 0 aliphatic heterocycles. The van der Waals surface area contributed by atoms with Crippen LogP contribution in [0.4, 0.5) is 0 Å². The fourth-order valence-electron chi connectivity index (χ4n) is 1.15. The molecule has 2 unspecified atom stereocenters. The summed E-state index contributed by atoms with van der Waals surface area (Å²) in [7, 11) is 0. The molecule has 0 saturated heterocycles. The predicted molar refractivity (Wildman–Crippen MR) is 56.6 cm³/mol. The van der Waals surface area contributed by atoms with Crippen LogP contribution in [0.5, 0.6) is 0 Å². The average Bonchev–Trinajstić information content (AvgIpc) is 2.76. The third kappa shape index (κ3) is 2.79. The molecule has 0 saturated carbocycles. The minimum atomic E-state index is -0.589. The van der Waals surface area contributed by atoms with Crippen molar-refractivity contribution in [1.29, 1.82) is 0 Å². The van der Waals surface area contributed by atoms with Crippen molar-refractivity contribution in [2.24, 2.45) is 11.7 Å². The second-order valence-electron chi connectivity index (χ2n) is 3.59. The van der Waals surface area contributed by atoms with Gasteiger partial charge in [0.25, 0.3) is 5.82 Å². The maximum atomic E-state index is 11.3. The molecule has 0 bridgehead atoms. The first-order chi connectivity index (χ1) is 7.60. The van der Waals surface area contributed by atoms with E-state index in [1.807, 2.05) is 13.8 Å². The van der Waals surface area contributed by atoms with Gasteiger partial charge in [-0.05, 0) is 18.0 Å². The van der Waals surface area contributed by atoms with Gasteiger partial charge in [0.1, 0.15) is 0 Å². The second-order valence-corrected chi connectivity index (χ2v) is 3.59. The van der Waals surface area contributed by atoms with Crippen LogP contribution in [-0.2, 0) is 4.74 Å². The van der Waals surface area contributed by atoms with Crippen molar-refractivity contribution in [3.8, 4) is 0 Å². The molecule has 6 nitrogen and oxygen atoms in total. The maximum absolute atomic E-state index is 11.3. The Balaban J connectivity index is 2.74. The van der Waals surface area contributed by atoms with Crippen LogP contribution in [0.1, 0.15) is 49.7 Å². The summed E-state index contributed by atoms with van der Waals surface area (Å²) < 4.78 is 9.67. The van der Waals surface area contributed by atoms with E-state index in [9.17, 15) is 4.79 Å². The van der Waals surface area contributed by atoms with Crippen LogP contribution in [0, 0.1) is 5.92 Å². The Bertz CT molecular complexity index is 351. The van der Waals surface area contributed by atoms with Crippen LogP contribution in [0.2, 0.25) is 0 Å². The highest BCUT2D eigenvalue weighted by Crippen LogP contribution is 2.19. The summed E-state index contributed by atoms with van der Waals surface area (Å²) in [6, 6.07) is -0.347.